The summed E-state index contributed by atoms with van der Waals surface area (Å²) in [5.74, 6) is 0.890. The van der Waals surface area contributed by atoms with E-state index in [1.807, 2.05) is 18.2 Å². The molecule has 2 N–H and O–H groups in total. The van der Waals surface area contributed by atoms with Crippen molar-refractivity contribution in [2.24, 2.45) is 0 Å². The van der Waals surface area contributed by atoms with E-state index < -0.39 is 6.10 Å². The molecule has 0 radical (unpaired) electrons. The van der Waals surface area contributed by atoms with E-state index >= 15 is 0 Å². The van der Waals surface area contributed by atoms with E-state index in [0.29, 0.717) is 22.0 Å². The topological polar surface area (TPSA) is 87.8 Å². The van der Waals surface area contributed by atoms with Gasteiger partial charge in [-0.15, -0.1) is 11.3 Å². The number of thiophene rings is 1. The van der Waals surface area contributed by atoms with Crippen molar-refractivity contribution in [3.63, 3.8) is 0 Å². The Morgan fingerprint density at radius 2 is 2.24 bits per heavy atom. The van der Waals surface area contributed by atoms with Crippen molar-refractivity contribution in [3.05, 3.63) is 45.1 Å². The standard InChI is InChI=1S/C20H23N3O4S2/c1-22-7-6-15-16(9-22)29-18-17(15)19(26)23(12-4-3-5-14(8-12)27-2)20(21-18)28-11-13(25)10-24/h3-5,8,13,24-25H,6-7,9-11H2,1-2H3. The highest BCUT2D eigenvalue weighted by Crippen LogP contribution is 2.34. The summed E-state index contributed by atoms with van der Waals surface area (Å²) in [6.45, 7) is 1.40. The van der Waals surface area contributed by atoms with Gasteiger partial charge < -0.3 is 19.8 Å². The van der Waals surface area contributed by atoms with Crippen molar-refractivity contribution < 1.29 is 14.9 Å². The molecule has 154 valence electrons. The van der Waals surface area contributed by atoms with Gasteiger partial charge in [-0.2, -0.15) is 0 Å². The molecule has 0 amide bonds. The zero-order valence-electron chi connectivity index (χ0n) is 16.3. The molecule has 0 spiro atoms. The smallest absolute Gasteiger partial charge is 0.267 e. The van der Waals surface area contributed by atoms with Gasteiger partial charge in [0.25, 0.3) is 5.56 Å². The molecular formula is C20H23N3O4S2. The number of likely N-dealkylation sites (N-methyl/N-ethyl adjacent to an activating group) is 1. The Hall–Kier alpha value is -1.91. The summed E-state index contributed by atoms with van der Waals surface area (Å²) in [7, 11) is 3.66. The number of aliphatic hydroxyl groups excluding tert-OH is 2. The minimum absolute atomic E-state index is 0.105. The van der Waals surface area contributed by atoms with Gasteiger partial charge in [-0.1, -0.05) is 17.8 Å². The van der Waals surface area contributed by atoms with Crippen molar-refractivity contribution in [3.8, 4) is 11.4 Å². The Balaban J connectivity index is 1.92. The van der Waals surface area contributed by atoms with Crippen LogP contribution in [0.25, 0.3) is 15.9 Å². The molecule has 2 aromatic heterocycles. The maximum absolute atomic E-state index is 13.6. The fraction of sp³-hybridized carbons (Fsp3) is 0.400. The molecule has 3 aromatic rings. The average Bonchev–Trinajstić information content (AvgIpc) is 3.09. The third-order valence-electron chi connectivity index (χ3n) is 4.96. The lowest BCUT2D eigenvalue weighted by Gasteiger charge is -2.21. The number of methoxy groups -OCH3 is 1. The normalized spacial score (nSPS) is 15.4. The highest BCUT2D eigenvalue weighted by atomic mass is 32.2. The Bertz CT molecular complexity index is 1100. The highest BCUT2D eigenvalue weighted by Gasteiger charge is 2.24. The molecule has 1 unspecified atom stereocenters. The largest absolute Gasteiger partial charge is 0.497 e. The number of ether oxygens (including phenoxy) is 1. The SMILES string of the molecule is COc1cccc(-n2c(SCC(O)CO)nc3sc4c(c3c2=O)CCN(C)C4)c1. The van der Waals surface area contributed by atoms with Gasteiger partial charge in [-0.05, 0) is 31.2 Å². The van der Waals surface area contributed by atoms with Crippen LogP contribution in [0.4, 0.5) is 0 Å². The quantitative estimate of drug-likeness (QED) is 0.453. The fourth-order valence-electron chi connectivity index (χ4n) is 3.45. The number of hydrogen-bond acceptors (Lipinski definition) is 8. The first-order chi connectivity index (χ1) is 14.0. The summed E-state index contributed by atoms with van der Waals surface area (Å²) in [6, 6.07) is 7.30. The van der Waals surface area contributed by atoms with Gasteiger partial charge in [-0.3, -0.25) is 9.36 Å². The predicted molar refractivity (Wildman–Crippen MR) is 116 cm³/mol. The number of rotatable bonds is 6. The second-order valence-electron chi connectivity index (χ2n) is 7.06. The Kier molecular flexibility index (Phi) is 5.93. The molecule has 0 aliphatic carbocycles. The lowest BCUT2D eigenvalue weighted by Crippen LogP contribution is -2.27. The predicted octanol–water partition coefficient (Wildman–Crippen LogP) is 1.89. The Morgan fingerprint density at radius 3 is 3.00 bits per heavy atom. The number of benzene rings is 1. The summed E-state index contributed by atoms with van der Waals surface area (Å²) in [5.41, 5.74) is 1.66. The maximum Gasteiger partial charge on any atom is 0.267 e. The average molecular weight is 434 g/mol. The molecule has 29 heavy (non-hydrogen) atoms. The third kappa shape index (κ3) is 3.93. The second-order valence-corrected chi connectivity index (χ2v) is 9.13. The number of nitrogens with zero attached hydrogens (tertiary/aromatic N) is 3. The first-order valence-electron chi connectivity index (χ1n) is 9.33. The monoisotopic (exact) mass is 433 g/mol. The van der Waals surface area contributed by atoms with Gasteiger partial charge in [0.1, 0.15) is 10.6 Å². The van der Waals surface area contributed by atoms with Crippen LogP contribution in [-0.4, -0.2) is 63.8 Å². The molecule has 0 fully saturated rings. The zero-order chi connectivity index (χ0) is 20.5. The van der Waals surface area contributed by atoms with Crippen LogP contribution in [0.15, 0.2) is 34.2 Å². The number of thioether (sulfide) groups is 1. The van der Waals surface area contributed by atoms with Gasteiger partial charge in [0.15, 0.2) is 5.16 Å². The van der Waals surface area contributed by atoms with Crippen molar-refractivity contribution in [1.82, 2.24) is 14.5 Å². The number of aliphatic hydroxyl groups is 2. The van der Waals surface area contributed by atoms with Crippen LogP contribution >= 0.6 is 23.1 Å². The molecule has 4 rings (SSSR count). The summed E-state index contributed by atoms with van der Waals surface area (Å²) in [6.07, 6.45) is -0.0483. The number of hydrogen-bond donors (Lipinski definition) is 2. The van der Waals surface area contributed by atoms with Crippen molar-refractivity contribution in [2.75, 3.05) is 33.1 Å². The molecule has 0 saturated carbocycles. The highest BCUT2D eigenvalue weighted by molar-refractivity contribution is 7.99. The van der Waals surface area contributed by atoms with Gasteiger partial charge in [0, 0.05) is 29.8 Å². The molecule has 9 heteroatoms. The fourth-order valence-corrected chi connectivity index (χ4v) is 5.72. The summed E-state index contributed by atoms with van der Waals surface area (Å²) >= 11 is 2.83. The van der Waals surface area contributed by atoms with Crippen LogP contribution in [0.1, 0.15) is 10.4 Å². The van der Waals surface area contributed by atoms with E-state index in [1.54, 1.807) is 29.1 Å². The molecular weight excluding hydrogens is 410 g/mol. The van der Waals surface area contributed by atoms with Crippen LogP contribution in [0.5, 0.6) is 5.75 Å². The molecule has 7 nitrogen and oxygen atoms in total. The van der Waals surface area contributed by atoms with E-state index in [-0.39, 0.29) is 17.9 Å². The van der Waals surface area contributed by atoms with Gasteiger partial charge in [-0.25, -0.2) is 4.98 Å². The first-order valence-corrected chi connectivity index (χ1v) is 11.1. The van der Waals surface area contributed by atoms with E-state index in [4.69, 9.17) is 14.8 Å². The van der Waals surface area contributed by atoms with Crippen LogP contribution in [0, 0.1) is 0 Å². The zero-order valence-corrected chi connectivity index (χ0v) is 17.9. The summed E-state index contributed by atoms with van der Waals surface area (Å²) in [5, 5.41) is 20.1. The van der Waals surface area contributed by atoms with Crippen molar-refractivity contribution in [2.45, 2.75) is 24.2 Å². The molecule has 1 aliphatic heterocycles. The van der Waals surface area contributed by atoms with Crippen molar-refractivity contribution in [1.29, 1.82) is 0 Å². The lowest BCUT2D eigenvalue weighted by molar-refractivity contribution is 0.113. The van der Waals surface area contributed by atoms with Gasteiger partial charge >= 0.3 is 0 Å². The molecule has 0 saturated heterocycles. The second kappa shape index (κ2) is 8.45. The van der Waals surface area contributed by atoms with E-state index in [2.05, 4.69) is 11.9 Å². The summed E-state index contributed by atoms with van der Waals surface area (Å²) in [4.78, 5) is 22.6. The van der Waals surface area contributed by atoms with E-state index in [9.17, 15) is 9.90 Å². The van der Waals surface area contributed by atoms with Crippen LogP contribution in [-0.2, 0) is 13.0 Å². The third-order valence-corrected chi connectivity index (χ3v) is 7.16. The molecule has 3 heterocycles. The summed E-state index contributed by atoms with van der Waals surface area (Å²) < 4.78 is 6.92. The molecule has 0 bridgehead atoms. The maximum atomic E-state index is 13.6. The first kappa shape index (κ1) is 20.4. The number of aromatic nitrogens is 2. The Morgan fingerprint density at radius 1 is 1.41 bits per heavy atom. The minimum Gasteiger partial charge on any atom is -0.497 e. The number of fused-ring (bicyclic) bond motifs is 3. The van der Waals surface area contributed by atoms with Crippen LogP contribution in [0.3, 0.4) is 0 Å². The minimum atomic E-state index is -0.878. The lowest BCUT2D eigenvalue weighted by atomic mass is 10.1. The van der Waals surface area contributed by atoms with Crippen LogP contribution in [0.2, 0.25) is 0 Å². The van der Waals surface area contributed by atoms with E-state index in [1.165, 1.54) is 16.6 Å². The van der Waals surface area contributed by atoms with E-state index in [0.717, 1.165) is 29.9 Å². The Labute approximate surface area is 176 Å². The van der Waals surface area contributed by atoms with Crippen molar-refractivity contribution >= 4 is 33.3 Å². The van der Waals surface area contributed by atoms with Gasteiger partial charge in [0.05, 0.1) is 30.9 Å². The van der Waals surface area contributed by atoms with Gasteiger partial charge in [0.2, 0.25) is 0 Å². The molecule has 1 aromatic carbocycles. The van der Waals surface area contributed by atoms with Crippen LogP contribution < -0.4 is 10.3 Å². The molecule has 1 atom stereocenters. The molecule has 1 aliphatic rings.